The van der Waals surface area contributed by atoms with E-state index >= 15 is 0 Å². The zero-order valence-corrected chi connectivity index (χ0v) is 8.60. The summed E-state index contributed by atoms with van der Waals surface area (Å²) in [5, 5.41) is 8.66. The Morgan fingerprint density at radius 1 is 1.31 bits per heavy atom. The molecule has 2 aromatic heterocycles. The molecule has 0 fully saturated rings. The summed E-state index contributed by atoms with van der Waals surface area (Å²) in [5.41, 5.74) is 1.51. The van der Waals surface area contributed by atoms with Crippen molar-refractivity contribution in [2.45, 2.75) is 6.92 Å². The van der Waals surface area contributed by atoms with Crippen molar-refractivity contribution in [3.8, 4) is 0 Å². The number of carbonyl (C=O) groups is 1. The standard InChI is InChI=1S/C10H10N4O2/c1-7-2-3-8(6-11-7)12-10(15)13-9-4-5-16-14-9/h2-6H,1H3,(H2,12,13,14,15). The lowest BCUT2D eigenvalue weighted by molar-refractivity contribution is 0.262. The van der Waals surface area contributed by atoms with E-state index in [1.54, 1.807) is 18.3 Å². The van der Waals surface area contributed by atoms with Crippen LogP contribution in [0.2, 0.25) is 0 Å². The van der Waals surface area contributed by atoms with Crippen LogP contribution in [-0.2, 0) is 0 Å². The summed E-state index contributed by atoms with van der Waals surface area (Å²) in [7, 11) is 0. The number of aryl methyl sites for hydroxylation is 1. The quantitative estimate of drug-likeness (QED) is 0.808. The second kappa shape index (κ2) is 4.43. The highest BCUT2D eigenvalue weighted by Gasteiger charge is 2.04. The number of urea groups is 1. The minimum Gasteiger partial charge on any atom is -0.363 e. The fourth-order valence-electron chi connectivity index (χ4n) is 1.10. The molecule has 0 aliphatic heterocycles. The SMILES string of the molecule is Cc1ccc(NC(=O)Nc2ccon2)cn1. The molecule has 2 heterocycles. The summed E-state index contributed by atoms with van der Waals surface area (Å²) >= 11 is 0. The van der Waals surface area contributed by atoms with Crippen LogP contribution in [0.5, 0.6) is 0 Å². The topological polar surface area (TPSA) is 80.0 Å². The number of hydrogen-bond acceptors (Lipinski definition) is 4. The fraction of sp³-hybridized carbons (Fsp3) is 0.100. The van der Waals surface area contributed by atoms with Crippen molar-refractivity contribution >= 4 is 17.5 Å². The molecular formula is C10H10N4O2. The van der Waals surface area contributed by atoms with E-state index < -0.39 is 0 Å². The molecule has 0 aliphatic rings. The summed E-state index contributed by atoms with van der Waals surface area (Å²) in [6, 6.07) is 4.74. The Balaban J connectivity index is 1.95. The Kier molecular flexibility index (Phi) is 2.81. The van der Waals surface area contributed by atoms with Crippen molar-refractivity contribution in [2.75, 3.05) is 10.6 Å². The summed E-state index contributed by atoms with van der Waals surface area (Å²) < 4.78 is 4.58. The minimum atomic E-state index is -0.389. The maximum Gasteiger partial charge on any atom is 0.324 e. The van der Waals surface area contributed by atoms with E-state index in [9.17, 15) is 4.79 Å². The highest BCUT2D eigenvalue weighted by molar-refractivity contribution is 5.98. The first-order valence-electron chi connectivity index (χ1n) is 4.65. The summed E-state index contributed by atoms with van der Waals surface area (Å²) in [5.74, 6) is 0.359. The van der Waals surface area contributed by atoms with Crippen molar-refractivity contribution < 1.29 is 9.32 Å². The second-order valence-corrected chi connectivity index (χ2v) is 3.15. The molecule has 0 unspecified atom stereocenters. The molecule has 2 aromatic rings. The van der Waals surface area contributed by atoms with Gasteiger partial charge in [0.15, 0.2) is 5.82 Å². The Labute approximate surface area is 91.7 Å². The van der Waals surface area contributed by atoms with Gasteiger partial charge in [0.05, 0.1) is 11.9 Å². The van der Waals surface area contributed by atoms with Gasteiger partial charge in [0.2, 0.25) is 0 Å². The van der Waals surface area contributed by atoms with Gasteiger partial charge in [0.1, 0.15) is 6.26 Å². The van der Waals surface area contributed by atoms with Crippen LogP contribution in [0.4, 0.5) is 16.3 Å². The number of nitrogens with zero attached hydrogens (tertiary/aromatic N) is 2. The van der Waals surface area contributed by atoms with Crippen LogP contribution in [0.3, 0.4) is 0 Å². The first-order valence-corrected chi connectivity index (χ1v) is 4.65. The van der Waals surface area contributed by atoms with Gasteiger partial charge in [-0.1, -0.05) is 5.16 Å². The number of aromatic nitrogens is 2. The summed E-state index contributed by atoms with van der Waals surface area (Å²) in [6.45, 7) is 1.87. The van der Waals surface area contributed by atoms with Gasteiger partial charge in [-0.15, -0.1) is 0 Å². The number of rotatable bonds is 2. The van der Waals surface area contributed by atoms with Crippen molar-refractivity contribution in [2.24, 2.45) is 0 Å². The van der Waals surface area contributed by atoms with Crippen molar-refractivity contribution in [3.63, 3.8) is 0 Å². The van der Waals surface area contributed by atoms with Crippen LogP contribution >= 0.6 is 0 Å². The molecule has 6 nitrogen and oxygen atoms in total. The monoisotopic (exact) mass is 218 g/mol. The van der Waals surface area contributed by atoms with Gasteiger partial charge < -0.3 is 9.84 Å². The van der Waals surface area contributed by atoms with E-state index in [2.05, 4.69) is 25.3 Å². The van der Waals surface area contributed by atoms with E-state index in [-0.39, 0.29) is 6.03 Å². The van der Waals surface area contributed by atoms with Gasteiger partial charge >= 0.3 is 6.03 Å². The van der Waals surface area contributed by atoms with Crippen LogP contribution < -0.4 is 10.6 Å². The van der Waals surface area contributed by atoms with E-state index in [1.807, 2.05) is 13.0 Å². The molecule has 0 bridgehead atoms. The molecule has 0 saturated heterocycles. The van der Waals surface area contributed by atoms with Crippen LogP contribution in [0.1, 0.15) is 5.69 Å². The number of carbonyl (C=O) groups excluding carboxylic acids is 1. The molecule has 82 valence electrons. The third kappa shape index (κ3) is 2.57. The molecule has 0 aromatic carbocycles. The highest BCUT2D eigenvalue weighted by atomic mass is 16.5. The summed E-state index contributed by atoms with van der Waals surface area (Å²) in [6.07, 6.45) is 2.96. The third-order valence-corrected chi connectivity index (χ3v) is 1.85. The average Bonchev–Trinajstić information content (AvgIpc) is 2.74. The van der Waals surface area contributed by atoms with Gasteiger partial charge in [0, 0.05) is 11.8 Å². The fourth-order valence-corrected chi connectivity index (χ4v) is 1.10. The predicted molar refractivity (Wildman–Crippen MR) is 58.1 cm³/mol. The maximum atomic E-state index is 11.4. The molecule has 0 atom stereocenters. The minimum absolute atomic E-state index is 0.359. The average molecular weight is 218 g/mol. The van der Waals surface area contributed by atoms with E-state index in [0.717, 1.165) is 5.69 Å². The lowest BCUT2D eigenvalue weighted by Gasteiger charge is -2.04. The van der Waals surface area contributed by atoms with Crippen LogP contribution in [0.15, 0.2) is 35.2 Å². The molecule has 0 saturated carbocycles. The van der Waals surface area contributed by atoms with Gasteiger partial charge in [-0.25, -0.2) is 4.79 Å². The Hall–Kier alpha value is -2.37. The third-order valence-electron chi connectivity index (χ3n) is 1.85. The first kappa shape index (κ1) is 10.2. The number of amides is 2. The zero-order valence-electron chi connectivity index (χ0n) is 8.60. The Morgan fingerprint density at radius 3 is 2.81 bits per heavy atom. The van der Waals surface area contributed by atoms with Gasteiger partial charge in [-0.2, -0.15) is 0 Å². The Bertz CT molecular complexity index is 464. The maximum absolute atomic E-state index is 11.4. The molecule has 0 spiro atoms. The molecular weight excluding hydrogens is 208 g/mol. The number of anilines is 2. The molecule has 0 radical (unpaired) electrons. The predicted octanol–water partition coefficient (Wildman–Crippen LogP) is 2.02. The number of pyridine rings is 1. The Morgan fingerprint density at radius 2 is 2.19 bits per heavy atom. The summed E-state index contributed by atoms with van der Waals surface area (Å²) in [4.78, 5) is 15.5. The molecule has 0 aliphatic carbocycles. The first-order chi connectivity index (χ1) is 7.74. The van der Waals surface area contributed by atoms with Gasteiger partial charge in [-0.05, 0) is 19.1 Å². The van der Waals surface area contributed by atoms with Gasteiger partial charge in [-0.3, -0.25) is 10.3 Å². The second-order valence-electron chi connectivity index (χ2n) is 3.15. The largest absolute Gasteiger partial charge is 0.363 e. The van der Waals surface area contributed by atoms with E-state index in [1.165, 1.54) is 6.26 Å². The molecule has 2 N–H and O–H groups in total. The molecule has 2 rings (SSSR count). The van der Waals surface area contributed by atoms with Crippen molar-refractivity contribution in [1.29, 1.82) is 0 Å². The lowest BCUT2D eigenvalue weighted by atomic mass is 10.3. The van der Waals surface area contributed by atoms with E-state index in [0.29, 0.717) is 11.5 Å². The van der Waals surface area contributed by atoms with Crippen LogP contribution in [0, 0.1) is 6.92 Å². The van der Waals surface area contributed by atoms with Gasteiger partial charge in [0.25, 0.3) is 0 Å². The molecule has 6 heteroatoms. The lowest BCUT2D eigenvalue weighted by Crippen LogP contribution is -2.19. The van der Waals surface area contributed by atoms with Crippen LogP contribution in [-0.4, -0.2) is 16.2 Å². The number of nitrogens with one attached hydrogen (secondary N) is 2. The van der Waals surface area contributed by atoms with Crippen LogP contribution in [0.25, 0.3) is 0 Å². The molecule has 16 heavy (non-hydrogen) atoms. The zero-order chi connectivity index (χ0) is 11.4. The molecule has 2 amide bonds. The smallest absolute Gasteiger partial charge is 0.324 e. The highest BCUT2D eigenvalue weighted by Crippen LogP contribution is 2.07. The number of hydrogen-bond donors (Lipinski definition) is 2. The van der Waals surface area contributed by atoms with Crippen molar-refractivity contribution in [3.05, 3.63) is 36.4 Å². The van der Waals surface area contributed by atoms with E-state index in [4.69, 9.17) is 0 Å². The van der Waals surface area contributed by atoms with Crippen molar-refractivity contribution in [1.82, 2.24) is 10.1 Å². The normalized spacial score (nSPS) is 9.81.